The van der Waals surface area contributed by atoms with Gasteiger partial charge < -0.3 is 14.5 Å². The lowest BCUT2D eigenvalue weighted by atomic mass is 10.3. The minimum absolute atomic E-state index is 0.0103. The number of nitrogens with one attached hydrogen (secondary N) is 1. The van der Waals surface area contributed by atoms with Gasteiger partial charge in [-0.2, -0.15) is 4.31 Å². The maximum atomic E-state index is 13.3. The number of morpholine rings is 1. The molecule has 1 aromatic carbocycles. The molecule has 0 atom stereocenters. The highest BCUT2D eigenvalue weighted by atomic mass is 35.5. The maximum Gasteiger partial charge on any atom is 0.275 e. The van der Waals surface area contributed by atoms with Crippen molar-refractivity contribution in [1.29, 1.82) is 0 Å². The summed E-state index contributed by atoms with van der Waals surface area (Å²) >= 11 is 6.14. The maximum absolute atomic E-state index is 13.3. The zero-order valence-corrected chi connectivity index (χ0v) is 16.6. The van der Waals surface area contributed by atoms with Gasteiger partial charge in [-0.3, -0.25) is 4.79 Å². The molecule has 4 rings (SSSR count). The van der Waals surface area contributed by atoms with Gasteiger partial charge in [-0.15, -0.1) is 0 Å². The second kappa shape index (κ2) is 7.71. The number of imidazole rings is 1. The van der Waals surface area contributed by atoms with Gasteiger partial charge in [0.2, 0.25) is 10.0 Å². The molecule has 8 nitrogen and oxygen atoms in total. The van der Waals surface area contributed by atoms with E-state index in [1.807, 2.05) is 0 Å². The number of hydrogen-bond donors (Lipinski definition) is 1. The molecule has 0 bridgehead atoms. The Morgan fingerprint density at radius 2 is 1.93 bits per heavy atom. The van der Waals surface area contributed by atoms with Crippen molar-refractivity contribution in [3.05, 3.63) is 59.3 Å². The lowest BCUT2D eigenvalue weighted by Crippen LogP contribution is -2.40. The molecule has 1 fully saturated rings. The lowest BCUT2D eigenvalue weighted by molar-refractivity contribution is 0.0730. The van der Waals surface area contributed by atoms with Gasteiger partial charge in [-0.1, -0.05) is 11.6 Å². The highest BCUT2D eigenvalue weighted by molar-refractivity contribution is 7.89. The highest BCUT2D eigenvalue weighted by Crippen LogP contribution is 2.28. The minimum Gasteiger partial charge on any atom is -0.379 e. The predicted molar refractivity (Wildman–Crippen MR) is 104 cm³/mol. The molecule has 1 amide bonds. The topological polar surface area (TPSA) is 93.0 Å². The minimum atomic E-state index is -3.75. The summed E-state index contributed by atoms with van der Waals surface area (Å²) in [5.74, 6) is -1.07. The molecule has 3 aromatic rings. The Morgan fingerprint density at radius 3 is 2.69 bits per heavy atom. The number of amides is 1. The molecule has 1 aliphatic rings. The standard InChI is InChI=1S/C18H16ClFN4O4S/c19-14-3-2-13(29(26,27)24-5-7-28-8-6-24)9-15(14)22-18(25)16-11-23-10-12(20)1-4-17(23)21-16/h1-4,9-11H,5-8H2,(H,22,25). The second-order valence-corrected chi connectivity index (χ2v) is 8.70. The zero-order valence-electron chi connectivity index (χ0n) is 15.0. The number of carbonyl (C=O) groups excluding carboxylic acids is 1. The van der Waals surface area contributed by atoms with E-state index in [4.69, 9.17) is 16.3 Å². The number of ether oxygens (including phenoxy) is 1. The molecule has 11 heteroatoms. The monoisotopic (exact) mass is 438 g/mol. The number of aromatic nitrogens is 2. The number of sulfonamides is 1. The van der Waals surface area contributed by atoms with Gasteiger partial charge in [0.15, 0.2) is 0 Å². The van der Waals surface area contributed by atoms with Crippen LogP contribution in [0.3, 0.4) is 0 Å². The van der Waals surface area contributed by atoms with Gasteiger partial charge in [0.25, 0.3) is 5.91 Å². The van der Waals surface area contributed by atoms with Crippen LogP contribution in [0.5, 0.6) is 0 Å². The van der Waals surface area contributed by atoms with Gasteiger partial charge in [-0.25, -0.2) is 17.8 Å². The Hall–Kier alpha value is -2.53. The van der Waals surface area contributed by atoms with Crippen LogP contribution in [-0.4, -0.2) is 54.3 Å². The number of nitrogens with zero attached hydrogens (tertiary/aromatic N) is 3. The average molecular weight is 439 g/mol. The molecule has 0 saturated carbocycles. The highest BCUT2D eigenvalue weighted by Gasteiger charge is 2.27. The summed E-state index contributed by atoms with van der Waals surface area (Å²) in [6.45, 7) is 1.16. The van der Waals surface area contributed by atoms with Crippen LogP contribution >= 0.6 is 11.6 Å². The molecule has 29 heavy (non-hydrogen) atoms. The second-order valence-electron chi connectivity index (χ2n) is 6.35. The predicted octanol–water partition coefficient (Wildman–Crippen LogP) is 2.40. The molecular weight excluding hydrogens is 423 g/mol. The number of halogens is 2. The van der Waals surface area contributed by atoms with Gasteiger partial charge in [0.05, 0.1) is 28.8 Å². The first-order chi connectivity index (χ1) is 13.8. The van der Waals surface area contributed by atoms with Crippen molar-refractivity contribution in [2.45, 2.75) is 4.90 Å². The van der Waals surface area contributed by atoms with Crippen molar-refractivity contribution in [3.8, 4) is 0 Å². The van der Waals surface area contributed by atoms with E-state index in [0.717, 1.165) is 0 Å². The molecule has 1 N–H and O–H groups in total. The fourth-order valence-corrected chi connectivity index (χ4v) is 4.56. The Morgan fingerprint density at radius 1 is 1.17 bits per heavy atom. The van der Waals surface area contributed by atoms with Crippen LogP contribution in [0.2, 0.25) is 5.02 Å². The molecule has 1 aliphatic heterocycles. The van der Waals surface area contributed by atoms with Crippen LogP contribution in [-0.2, 0) is 14.8 Å². The van der Waals surface area contributed by atoms with Crippen LogP contribution in [0.25, 0.3) is 5.65 Å². The van der Waals surface area contributed by atoms with Gasteiger partial charge in [-0.05, 0) is 30.3 Å². The molecule has 1 saturated heterocycles. The van der Waals surface area contributed by atoms with Crippen LogP contribution in [0.1, 0.15) is 10.5 Å². The summed E-state index contributed by atoms with van der Waals surface area (Å²) in [7, 11) is -3.75. The van der Waals surface area contributed by atoms with Crippen molar-refractivity contribution in [3.63, 3.8) is 0 Å². The molecule has 2 aromatic heterocycles. The third-order valence-electron chi connectivity index (χ3n) is 4.44. The number of anilines is 1. The van der Waals surface area contributed by atoms with E-state index >= 15 is 0 Å². The molecule has 0 aliphatic carbocycles. The molecule has 152 valence electrons. The van der Waals surface area contributed by atoms with Crippen LogP contribution < -0.4 is 5.32 Å². The van der Waals surface area contributed by atoms with Crippen molar-refractivity contribution >= 4 is 38.9 Å². The summed E-state index contributed by atoms with van der Waals surface area (Å²) < 4.78 is 46.9. The summed E-state index contributed by atoms with van der Waals surface area (Å²) in [5.41, 5.74) is 0.564. The quantitative estimate of drug-likeness (QED) is 0.675. The largest absolute Gasteiger partial charge is 0.379 e. The van der Waals surface area contributed by atoms with Crippen molar-refractivity contribution in [1.82, 2.24) is 13.7 Å². The third-order valence-corrected chi connectivity index (χ3v) is 6.67. The van der Waals surface area contributed by atoms with Crippen LogP contribution in [0.4, 0.5) is 10.1 Å². The van der Waals surface area contributed by atoms with E-state index in [2.05, 4.69) is 10.3 Å². The first-order valence-electron chi connectivity index (χ1n) is 8.68. The van der Waals surface area contributed by atoms with E-state index in [0.29, 0.717) is 18.9 Å². The SMILES string of the molecule is O=C(Nc1cc(S(=O)(=O)N2CCOCC2)ccc1Cl)c1cn2cc(F)ccc2n1. The first-order valence-corrected chi connectivity index (χ1v) is 10.5. The number of carbonyl (C=O) groups is 1. The summed E-state index contributed by atoms with van der Waals surface area (Å²) in [5, 5.41) is 2.74. The van der Waals surface area contributed by atoms with E-state index in [1.54, 1.807) is 0 Å². The lowest BCUT2D eigenvalue weighted by Gasteiger charge is -2.26. The number of rotatable bonds is 4. The number of fused-ring (bicyclic) bond motifs is 1. The number of pyridine rings is 1. The Bertz CT molecular complexity index is 1190. The van der Waals surface area contributed by atoms with Crippen LogP contribution in [0, 0.1) is 5.82 Å². The summed E-state index contributed by atoms with van der Waals surface area (Å²) in [6.07, 6.45) is 2.57. The Kier molecular flexibility index (Phi) is 5.26. The van der Waals surface area contributed by atoms with Gasteiger partial charge >= 0.3 is 0 Å². The first kappa shape index (κ1) is 19.8. The molecule has 3 heterocycles. The third kappa shape index (κ3) is 3.97. The molecule has 0 radical (unpaired) electrons. The van der Waals surface area contributed by atoms with Crippen LogP contribution in [0.15, 0.2) is 47.6 Å². The van der Waals surface area contributed by atoms with Crippen molar-refractivity contribution in [2.24, 2.45) is 0 Å². The summed E-state index contributed by atoms with van der Waals surface area (Å²) in [4.78, 5) is 16.7. The normalized spacial score (nSPS) is 15.5. The molecule has 0 spiro atoms. The zero-order chi connectivity index (χ0) is 20.6. The van der Waals surface area contributed by atoms with E-state index in [1.165, 1.54) is 51.4 Å². The van der Waals surface area contributed by atoms with Crippen molar-refractivity contribution in [2.75, 3.05) is 31.6 Å². The van der Waals surface area contributed by atoms with Crippen molar-refractivity contribution < 1.29 is 22.3 Å². The fraction of sp³-hybridized carbons (Fsp3) is 0.222. The van der Waals surface area contributed by atoms with E-state index in [9.17, 15) is 17.6 Å². The molecule has 0 unspecified atom stereocenters. The summed E-state index contributed by atoms with van der Waals surface area (Å²) in [6, 6.07) is 6.77. The van der Waals surface area contributed by atoms with E-state index < -0.39 is 21.7 Å². The van der Waals surface area contributed by atoms with Gasteiger partial charge in [0.1, 0.15) is 17.2 Å². The molecular formula is C18H16ClFN4O4S. The van der Waals surface area contributed by atoms with E-state index in [-0.39, 0.29) is 34.4 Å². The average Bonchev–Trinajstić information content (AvgIpc) is 3.13. The Balaban J connectivity index is 1.61. The van der Waals surface area contributed by atoms with Gasteiger partial charge in [0, 0.05) is 25.5 Å². The number of hydrogen-bond acceptors (Lipinski definition) is 5. The fourth-order valence-electron chi connectivity index (χ4n) is 2.96. The Labute approximate surface area is 170 Å². The number of benzene rings is 1. The smallest absolute Gasteiger partial charge is 0.275 e.